The Labute approximate surface area is 117 Å². The monoisotopic (exact) mass is 295 g/mol. The molecule has 18 heavy (non-hydrogen) atoms. The molecule has 102 valence electrons. The Morgan fingerprint density at radius 1 is 1.56 bits per heavy atom. The van der Waals surface area contributed by atoms with E-state index in [-0.39, 0.29) is 19.0 Å². The van der Waals surface area contributed by atoms with Gasteiger partial charge in [0.2, 0.25) is 6.17 Å². The number of halogens is 3. The molecule has 0 aliphatic carbocycles. The topological polar surface area (TPSA) is 52.3 Å². The van der Waals surface area contributed by atoms with Crippen molar-refractivity contribution in [1.29, 1.82) is 0 Å². The standard InChI is InChI=1S/C12H15ClFNO2.ClH/c1-3-17-12(16)10(14)11(15)8-5-4-7(2)9(13)6-8;/h4-6,10-11H,3,15H2,1-2H3;1H/t10?,11-;/m0./s1. The smallest absolute Gasteiger partial charge is 0.342 e. The van der Waals surface area contributed by atoms with Crippen LogP contribution in [0.15, 0.2) is 18.2 Å². The first-order valence-electron chi connectivity index (χ1n) is 5.29. The lowest BCUT2D eigenvalue weighted by Crippen LogP contribution is -2.31. The first-order chi connectivity index (χ1) is 7.97. The molecule has 1 aromatic rings. The Kier molecular flexibility index (Phi) is 7.21. The van der Waals surface area contributed by atoms with Crippen molar-refractivity contribution in [2.75, 3.05) is 6.61 Å². The lowest BCUT2D eigenvalue weighted by molar-refractivity contribution is -0.149. The Bertz CT molecular complexity index is 415. The zero-order valence-electron chi connectivity index (χ0n) is 10.2. The Balaban J connectivity index is 0.00000289. The summed E-state index contributed by atoms with van der Waals surface area (Å²) >= 11 is 5.91. The second-order valence-corrected chi connectivity index (χ2v) is 4.10. The van der Waals surface area contributed by atoms with Gasteiger partial charge in [-0.3, -0.25) is 0 Å². The Morgan fingerprint density at radius 3 is 2.67 bits per heavy atom. The molecule has 0 fully saturated rings. The number of benzene rings is 1. The van der Waals surface area contributed by atoms with Crippen LogP contribution in [0.4, 0.5) is 4.39 Å². The van der Waals surface area contributed by atoms with E-state index < -0.39 is 18.2 Å². The SMILES string of the molecule is CCOC(=O)C(F)[C@@H](N)c1ccc(C)c(Cl)c1.Cl. The molecule has 0 spiro atoms. The second-order valence-electron chi connectivity index (χ2n) is 3.69. The molecule has 0 aromatic heterocycles. The molecular weight excluding hydrogens is 280 g/mol. The maximum atomic E-state index is 13.7. The number of rotatable bonds is 4. The molecular formula is C12H16Cl2FNO2. The summed E-state index contributed by atoms with van der Waals surface area (Å²) < 4.78 is 18.2. The van der Waals surface area contributed by atoms with E-state index in [0.29, 0.717) is 10.6 Å². The normalized spacial score (nSPS) is 13.4. The highest BCUT2D eigenvalue weighted by molar-refractivity contribution is 6.31. The van der Waals surface area contributed by atoms with Crippen molar-refractivity contribution >= 4 is 30.0 Å². The fraction of sp³-hybridized carbons (Fsp3) is 0.417. The molecule has 0 aliphatic rings. The number of hydrogen-bond donors (Lipinski definition) is 1. The van der Waals surface area contributed by atoms with Gasteiger partial charge >= 0.3 is 5.97 Å². The van der Waals surface area contributed by atoms with E-state index in [2.05, 4.69) is 4.74 Å². The van der Waals surface area contributed by atoms with Gasteiger partial charge in [-0.1, -0.05) is 23.7 Å². The van der Waals surface area contributed by atoms with Crippen LogP contribution in [0.5, 0.6) is 0 Å². The molecule has 0 aliphatic heterocycles. The highest BCUT2D eigenvalue weighted by atomic mass is 35.5. The summed E-state index contributed by atoms with van der Waals surface area (Å²) in [6.45, 7) is 3.56. The summed E-state index contributed by atoms with van der Waals surface area (Å²) in [6.07, 6.45) is -1.88. The summed E-state index contributed by atoms with van der Waals surface area (Å²) in [7, 11) is 0. The number of hydrogen-bond acceptors (Lipinski definition) is 3. The van der Waals surface area contributed by atoms with Crippen LogP contribution < -0.4 is 5.73 Å². The fourth-order valence-corrected chi connectivity index (χ4v) is 1.54. The van der Waals surface area contributed by atoms with Crippen LogP contribution in [-0.2, 0) is 9.53 Å². The summed E-state index contributed by atoms with van der Waals surface area (Å²) in [5.41, 5.74) is 7.00. The summed E-state index contributed by atoms with van der Waals surface area (Å²) in [5, 5.41) is 0.494. The van der Waals surface area contributed by atoms with Gasteiger partial charge in [-0.25, -0.2) is 9.18 Å². The van der Waals surface area contributed by atoms with E-state index >= 15 is 0 Å². The third kappa shape index (κ3) is 4.12. The molecule has 0 heterocycles. The predicted octanol–water partition coefficient (Wildman–Crippen LogP) is 2.97. The van der Waals surface area contributed by atoms with Gasteiger partial charge in [0.25, 0.3) is 0 Å². The van der Waals surface area contributed by atoms with Gasteiger partial charge < -0.3 is 10.5 Å². The molecule has 1 unspecified atom stereocenters. The molecule has 2 N–H and O–H groups in total. The average molecular weight is 296 g/mol. The van der Waals surface area contributed by atoms with Crippen LogP contribution in [-0.4, -0.2) is 18.7 Å². The van der Waals surface area contributed by atoms with Gasteiger partial charge in [-0.15, -0.1) is 12.4 Å². The van der Waals surface area contributed by atoms with Gasteiger partial charge in [0, 0.05) is 5.02 Å². The average Bonchev–Trinajstić information content (AvgIpc) is 2.31. The van der Waals surface area contributed by atoms with Crippen LogP contribution in [0.25, 0.3) is 0 Å². The minimum Gasteiger partial charge on any atom is -0.464 e. The zero-order valence-corrected chi connectivity index (χ0v) is 11.7. The molecule has 0 radical (unpaired) electrons. The van der Waals surface area contributed by atoms with E-state index in [1.165, 1.54) is 0 Å². The van der Waals surface area contributed by atoms with Crippen molar-refractivity contribution in [1.82, 2.24) is 0 Å². The lowest BCUT2D eigenvalue weighted by atomic mass is 10.0. The minimum absolute atomic E-state index is 0. The third-order valence-corrected chi connectivity index (χ3v) is 2.82. The van der Waals surface area contributed by atoms with Crippen LogP contribution in [0.2, 0.25) is 5.02 Å². The second kappa shape index (κ2) is 7.56. The van der Waals surface area contributed by atoms with Gasteiger partial charge in [0.15, 0.2) is 0 Å². The summed E-state index contributed by atoms with van der Waals surface area (Å²) in [5.74, 6) is -0.948. The van der Waals surface area contributed by atoms with Crippen LogP contribution in [0, 0.1) is 6.92 Å². The Morgan fingerprint density at radius 2 is 2.17 bits per heavy atom. The predicted molar refractivity (Wildman–Crippen MR) is 71.9 cm³/mol. The molecule has 6 heteroatoms. The van der Waals surface area contributed by atoms with Crippen molar-refractivity contribution in [3.8, 4) is 0 Å². The maximum Gasteiger partial charge on any atom is 0.342 e. The van der Waals surface area contributed by atoms with Crippen molar-refractivity contribution < 1.29 is 13.9 Å². The minimum atomic E-state index is -1.88. The van der Waals surface area contributed by atoms with Crippen LogP contribution in [0.3, 0.4) is 0 Å². The molecule has 1 rings (SSSR count). The maximum absolute atomic E-state index is 13.7. The molecule has 2 atom stereocenters. The fourth-order valence-electron chi connectivity index (χ4n) is 1.35. The first-order valence-corrected chi connectivity index (χ1v) is 5.67. The number of ether oxygens (including phenoxy) is 1. The largest absolute Gasteiger partial charge is 0.464 e. The van der Waals surface area contributed by atoms with E-state index in [0.717, 1.165) is 5.56 Å². The quantitative estimate of drug-likeness (QED) is 0.869. The molecule has 0 amide bonds. The van der Waals surface area contributed by atoms with Gasteiger partial charge in [-0.2, -0.15) is 0 Å². The number of carbonyl (C=O) groups excluding carboxylic acids is 1. The highest BCUT2D eigenvalue weighted by Crippen LogP contribution is 2.23. The molecule has 0 saturated heterocycles. The van der Waals surface area contributed by atoms with E-state index in [1.807, 2.05) is 6.92 Å². The molecule has 0 saturated carbocycles. The van der Waals surface area contributed by atoms with E-state index in [1.54, 1.807) is 25.1 Å². The molecule has 3 nitrogen and oxygen atoms in total. The summed E-state index contributed by atoms with van der Waals surface area (Å²) in [4.78, 5) is 11.2. The van der Waals surface area contributed by atoms with Gasteiger partial charge in [0.05, 0.1) is 12.6 Å². The number of nitrogens with two attached hydrogens (primary N) is 1. The van der Waals surface area contributed by atoms with Gasteiger partial charge in [0.1, 0.15) is 0 Å². The number of esters is 1. The zero-order chi connectivity index (χ0) is 13.0. The van der Waals surface area contributed by atoms with Gasteiger partial charge in [-0.05, 0) is 31.0 Å². The van der Waals surface area contributed by atoms with Crippen molar-refractivity contribution in [3.05, 3.63) is 34.3 Å². The highest BCUT2D eigenvalue weighted by Gasteiger charge is 2.27. The number of aryl methyl sites for hydroxylation is 1. The number of alkyl halides is 1. The van der Waals surface area contributed by atoms with Crippen LogP contribution >= 0.6 is 24.0 Å². The Hall–Kier alpha value is -0.840. The molecule has 0 bridgehead atoms. The first kappa shape index (κ1) is 17.2. The lowest BCUT2D eigenvalue weighted by Gasteiger charge is -2.16. The number of carbonyl (C=O) groups is 1. The van der Waals surface area contributed by atoms with Crippen molar-refractivity contribution in [2.45, 2.75) is 26.1 Å². The van der Waals surface area contributed by atoms with Crippen LogP contribution in [0.1, 0.15) is 24.1 Å². The third-order valence-electron chi connectivity index (χ3n) is 2.41. The van der Waals surface area contributed by atoms with Crippen molar-refractivity contribution in [2.24, 2.45) is 5.73 Å². The summed E-state index contributed by atoms with van der Waals surface area (Å²) in [6, 6.07) is 3.88. The van der Waals surface area contributed by atoms with E-state index in [9.17, 15) is 9.18 Å². The van der Waals surface area contributed by atoms with Crippen molar-refractivity contribution in [3.63, 3.8) is 0 Å². The van der Waals surface area contributed by atoms with E-state index in [4.69, 9.17) is 17.3 Å². The molecule has 1 aromatic carbocycles.